The molecule has 0 saturated carbocycles. The van der Waals surface area contributed by atoms with E-state index in [0.717, 1.165) is 19.5 Å². The van der Waals surface area contributed by atoms with E-state index in [1.807, 2.05) is 0 Å². The third kappa shape index (κ3) is 4.16. The van der Waals surface area contributed by atoms with E-state index in [4.69, 9.17) is 0 Å². The van der Waals surface area contributed by atoms with Crippen molar-refractivity contribution in [2.75, 3.05) is 13.1 Å². The van der Waals surface area contributed by atoms with Crippen LogP contribution in [-0.2, 0) is 6.42 Å². The summed E-state index contributed by atoms with van der Waals surface area (Å²) < 4.78 is 0. The van der Waals surface area contributed by atoms with Gasteiger partial charge in [0.1, 0.15) is 0 Å². The second kappa shape index (κ2) is 7.39. The highest BCUT2D eigenvalue weighted by Gasteiger charge is 2.19. The predicted octanol–water partition coefficient (Wildman–Crippen LogP) is 3.31. The van der Waals surface area contributed by atoms with Crippen molar-refractivity contribution in [1.29, 1.82) is 0 Å². The maximum Gasteiger partial charge on any atom is 0.0363 e. The lowest BCUT2D eigenvalue weighted by molar-refractivity contribution is 0.351. The lowest BCUT2D eigenvalue weighted by Crippen LogP contribution is -2.45. The van der Waals surface area contributed by atoms with Crippen LogP contribution in [0.4, 0.5) is 0 Å². The zero-order valence-corrected chi connectivity index (χ0v) is 12.5. The van der Waals surface area contributed by atoms with Crippen molar-refractivity contribution in [2.24, 2.45) is 0 Å². The third-order valence-electron chi connectivity index (χ3n) is 4.22. The number of hydrogen-bond donors (Lipinski definition) is 2. The summed E-state index contributed by atoms with van der Waals surface area (Å²) in [5.41, 5.74) is 2.77. The quantitative estimate of drug-likeness (QED) is 0.878. The highest BCUT2D eigenvalue weighted by atomic mass is 15.0. The molecule has 0 spiro atoms. The van der Waals surface area contributed by atoms with Crippen LogP contribution in [0.2, 0.25) is 0 Å². The summed E-state index contributed by atoms with van der Waals surface area (Å²) in [6, 6.07) is 22.6. The Hall–Kier alpha value is -1.64. The standard InChI is InChI=1S/C19H24N2/c1-3-8-16(9-4-1)14-19(17-10-5-2-6-11-17)21-18-12-7-13-20-15-18/h1-6,8-11,18-21H,7,12-15H2. The van der Waals surface area contributed by atoms with E-state index in [1.54, 1.807) is 0 Å². The molecular weight excluding hydrogens is 256 g/mol. The Bertz CT molecular complexity index is 518. The van der Waals surface area contributed by atoms with Crippen LogP contribution in [0, 0.1) is 0 Å². The predicted molar refractivity (Wildman–Crippen MR) is 88.4 cm³/mol. The summed E-state index contributed by atoms with van der Waals surface area (Å²) in [4.78, 5) is 0. The fourth-order valence-electron chi connectivity index (χ4n) is 3.09. The van der Waals surface area contributed by atoms with Gasteiger partial charge in [-0.3, -0.25) is 0 Å². The monoisotopic (exact) mass is 280 g/mol. The highest BCUT2D eigenvalue weighted by Crippen LogP contribution is 2.20. The number of nitrogens with one attached hydrogen (secondary N) is 2. The van der Waals surface area contributed by atoms with Gasteiger partial charge in [0.05, 0.1) is 0 Å². The van der Waals surface area contributed by atoms with Crippen molar-refractivity contribution < 1.29 is 0 Å². The molecule has 1 aliphatic heterocycles. The molecular formula is C19H24N2. The molecule has 0 amide bonds. The Morgan fingerprint density at radius 2 is 1.71 bits per heavy atom. The van der Waals surface area contributed by atoms with Crippen LogP contribution in [0.15, 0.2) is 60.7 Å². The molecule has 2 aromatic carbocycles. The minimum absolute atomic E-state index is 0.388. The SMILES string of the molecule is c1ccc(CC(NC2CCCNC2)c2ccccc2)cc1. The fraction of sp³-hybridized carbons (Fsp3) is 0.368. The first kappa shape index (κ1) is 14.3. The summed E-state index contributed by atoms with van der Waals surface area (Å²) in [6.45, 7) is 2.24. The van der Waals surface area contributed by atoms with Crippen molar-refractivity contribution in [3.05, 3.63) is 71.8 Å². The van der Waals surface area contributed by atoms with Gasteiger partial charge in [0.25, 0.3) is 0 Å². The van der Waals surface area contributed by atoms with Crippen LogP contribution >= 0.6 is 0 Å². The third-order valence-corrected chi connectivity index (χ3v) is 4.22. The lowest BCUT2D eigenvalue weighted by Gasteiger charge is -2.29. The molecule has 0 aromatic heterocycles. The van der Waals surface area contributed by atoms with Gasteiger partial charge in [0.2, 0.25) is 0 Å². The Morgan fingerprint density at radius 1 is 1.00 bits per heavy atom. The van der Waals surface area contributed by atoms with Gasteiger partial charge in [-0.25, -0.2) is 0 Å². The van der Waals surface area contributed by atoms with Gasteiger partial charge in [-0.15, -0.1) is 0 Å². The van der Waals surface area contributed by atoms with E-state index in [2.05, 4.69) is 71.3 Å². The normalized spacial score (nSPS) is 20.1. The van der Waals surface area contributed by atoms with Gasteiger partial charge < -0.3 is 10.6 Å². The number of piperidine rings is 1. The fourth-order valence-corrected chi connectivity index (χ4v) is 3.09. The lowest BCUT2D eigenvalue weighted by atomic mass is 9.96. The Balaban J connectivity index is 1.74. The van der Waals surface area contributed by atoms with Crippen molar-refractivity contribution in [2.45, 2.75) is 31.3 Å². The molecule has 1 heterocycles. The number of benzene rings is 2. The molecule has 0 bridgehead atoms. The largest absolute Gasteiger partial charge is 0.315 e. The Labute approximate surface area is 127 Å². The van der Waals surface area contributed by atoms with Crippen molar-refractivity contribution in [3.63, 3.8) is 0 Å². The second-order valence-electron chi connectivity index (χ2n) is 5.86. The molecule has 2 unspecified atom stereocenters. The molecule has 3 rings (SSSR count). The Morgan fingerprint density at radius 3 is 2.38 bits per heavy atom. The van der Waals surface area contributed by atoms with Gasteiger partial charge >= 0.3 is 0 Å². The molecule has 2 heteroatoms. The van der Waals surface area contributed by atoms with Gasteiger partial charge in [0, 0.05) is 18.6 Å². The van der Waals surface area contributed by atoms with E-state index in [-0.39, 0.29) is 0 Å². The first-order valence-electron chi connectivity index (χ1n) is 7.97. The summed E-state index contributed by atoms with van der Waals surface area (Å²) in [5, 5.41) is 7.35. The van der Waals surface area contributed by atoms with Gasteiger partial charge in [-0.1, -0.05) is 60.7 Å². The van der Waals surface area contributed by atoms with Crippen LogP contribution < -0.4 is 10.6 Å². The maximum absolute atomic E-state index is 3.86. The summed E-state index contributed by atoms with van der Waals surface area (Å²) in [5.74, 6) is 0. The molecule has 21 heavy (non-hydrogen) atoms. The first-order valence-corrected chi connectivity index (χ1v) is 7.97. The first-order chi connectivity index (χ1) is 10.4. The zero-order valence-electron chi connectivity index (χ0n) is 12.5. The maximum atomic E-state index is 3.86. The van der Waals surface area contributed by atoms with E-state index in [1.165, 1.54) is 24.0 Å². The molecule has 1 saturated heterocycles. The van der Waals surface area contributed by atoms with Crippen LogP contribution in [0.5, 0.6) is 0 Å². The molecule has 1 fully saturated rings. The van der Waals surface area contributed by atoms with Gasteiger partial charge in [0.15, 0.2) is 0 Å². The van der Waals surface area contributed by atoms with Gasteiger partial charge in [-0.05, 0) is 36.9 Å². The van der Waals surface area contributed by atoms with Crippen LogP contribution in [0.25, 0.3) is 0 Å². The summed E-state index contributed by atoms with van der Waals surface area (Å²) in [6.07, 6.45) is 3.58. The number of hydrogen-bond acceptors (Lipinski definition) is 2. The van der Waals surface area contributed by atoms with Crippen molar-refractivity contribution in [3.8, 4) is 0 Å². The van der Waals surface area contributed by atoms with Crippen molar-refractivity contribution >= 4 is 0 Å². The Kier molecular flexibility index (Phi) is 5.03. The van der Waals surface area contributed by atoms with E-state index >= 15 is 0 Å². The van der Waals surface area contributed by atoms with E-state index in [9.17, 15) is 0 Å². The highest BCUT2D eigenvalue weighted by molar-refractivity contribution is 5.24. The minimum atomic E-state index is 0.388. The molecule has 2 N–H and O–H groups in total. The molecule has 1 aliphatic rings. The smallest absolute Gasteiger partial charge is 0.0363 e. The molecule has 2 atom stereocenters. The summed E-state index contributed by atoms with van der Waals surface area (Å²) in [7, 11) is 0. The van der Waals surface area contributed by atoms with E-state index in [0.29, 0.717) is 12.1 Å². The average molecular weight is 280 g/mol. The molecule has 110 valence electrons. The molecule has 2 nitrogen and oxygen atoms in total. The van der Waals surface area contributed by atoms with Crippen LogP contribution in [0.3, 0.4) is 0 Å². The molecule has 2 aromatic rings. The zero-order chi connectivity index (χ0) is 14.3. The second-order valence-corrected chi connectivity index (χ2v) is 5.86. The van der Waals surface area contributed by atoms with Gasteiger partial charge in [-0.2, -0.15) is 0 Å². The number of rotatable bonds is 5. The minimum Gasteiger partial charge on any atom is -0.315 e. The van der Waals surface area contributed by atoms with Crippen LogP contribution in [-0.4, -0.2) is 19.1 Å². The average Bonchev–Trinajstić information content (AvgIpc) is 2.57. The van der Waals surface area contributed by atoms with Crippen LogP contribution in [0.1, 0.15) is 30.0 Å². The topological polar surface area (TPSA) is 24.1 Å². The molecule has 0 radical (unpaired) electrons. The van der Waals surface area contributed by atoms with Crippen molar-refractivity contribution in [1.82, 2.24) is 10.6 Å². The van der Waals surface area contributed by atoms with E-state index < -0.39 is 0 Å². The molecule has 0 aliphatic carbocycles. The summed E-state index contributed by atoms with van der Waals surface area (Å²) >= 11 is 0.